The average molecular weight is 335 g/mol. The van der Waals surface area contributed by atoms with E-state index in [1.165, 1.54) is 12.1 Å². The molecule has 0 saturated heterocycles. The smallest absolute Gasteiger partial charge is 0.335 e. The van der Waals surface area contributed by atoms with Crippen LogP contribution in [0.1, 0.15) is 29.8 Å². The summed E-state index contributed by atoms with van der Waals surface area (Å²) in [6.07, 6.45) is 0. The first-order chi connectivity index (χ1) is 11.2. The number of hydrogen-bond acceptors (Lipinski definition) is 3. The summed E-state index contributed by atoms with van der Waals surface area (Å²) in [5.74, 6) is -2.21. The van der Waals surface area contributed by atoms with Crippen LogP contribution >= 0.6 is 0 Å². The normalized spacial score (nSPS) is 11.3. The third-order valence-corrected chi connectivity index (χ3v) is 3.31. The molecule has 0 aromatic heterocycles. The largest absolute Gasteiger partial charge is 0.486 e. The molecule has 0 amide bonds. The number of carboxylic acid groups (broad SMARTS) is 1. The zero-order chi connectivity index (χ0) is 17.7. The van der Waals surface area contributed by atoms with Crippen molar-refractivity contribution >= 4 is 5.97 Å². The SMILES string of the molecule is CC(C)(CNCc1ccc(C(=O)O)cc1)Oc1cc(F)cc(F)c1. The van der Waals surface area contributed by atoms with Crippen LogP contribution in [0, 0.1) is 11.6 Å². The quantitative estimate of drug-likeness (QED) is 0.811. The zero-order valence-corrected chi connectivity index (χ0v) is 13.5. The van der Waals surface area contributed by atoms with Crippen molar-refractivity contribution in [2.75, 3.05) is 6.54 Å². The second-order valence-electron chi connectivity index (χ2n) is 6.07. The molecule has 24 heavy (non-hydrogen) atoms. The minimum absolute atomic E-state index is 0.130. The number of benzene rings is 2. The van der Waals surface area contributed by atoms with Gasteiger partial charge in [-0.25, -0.2) is 13.6 Å². The lowest BCUT2D eigenvalue weighted by molar-refractivity contribution is 0.0697. The number of carboxylic acids is 1. The Morgan fingerprint density at radius 3 is 2.25 bits per heavy atom. The number of hydrogen-bond donors (Lipinski definition) is 2. The van der Waals surface area contributed by atoms with Gasteiger partial charge in [0.05, 0.1) is 5.56 Å². The molecule has 2 rings (SSSR count). The van der Waals surface area contributed by atoms with Crippen molar-refractivity contribution in [3.8, 4) is 5.75 Å². The summed E-state index contributed by atoms with van der Waals surface area (Å²) < 4.78 is 32.0. The standard InChI is InChI=1S/C18H19F2NO3/c1-18(2,24-16-8-14(19)7-15(20)9-16)11-21-10-12-3-5-13(6-4-12)17(22)23/h3-9,21H,10-11H2,1-2H3,(H,22,23). The monoisotopic (exact) mass is 335 g/mol. The highest BCUT2D eigenvalue weighted by Gasteiger charge is 2.20. The van der Waals surface area contributed by atoms with Crippen LogP contribution in [-0.2, 0) is 6.54 Å². The Kier molecular flexibility index (Phi) is 5.51. The van der Waals surface area contributed by atoms with Gasteiger partial charge in [-0.2, -0.15) is 0 Å². The molecule has 128 valence electrons. The summed E-state index contributed by atoms with van der Waals surface area (Å²) in [7, 11) is 0. The van der Waals surface area contributed by atoms with Crippen molar-refractivity contribution in [2.24, 2.45) is 0 Å². The number of aromatic carboxylic acids is 1. The van der Waals surface area contributed by atoms with Gasteiger partial charge in [-0.1, -0.05) is 12.1 Å². The minimum atomic E-state index is -0.966. The van der Waals surface area contributed by atoms with Gasteiger partial charge in [0.2, 0.25) is 0 Å². The third-order valence-electron chi connectivity index (χ3n) is 3.31. The molecular formula is C18H19F2NO3. The van der Waals surface area contributed by atoms with Crippen molar-refractivity contribution in [3.63, 3.8) is 0 Å². The molecule has 0 bridgehead atoms. The van der Waals surface area contributed by atoms with Crippen LogP contribution in [0.25, 0.3) is 0 Å². The summed E-state index contributed by atoms with van der Waals surface area (Å²) in [5, 5.41) is 12.0. The van der Waals surface area contributed by atoms with Gasteiger partial charge in [0.15, 0.2) is 0 Å². The number of halogens is 2. The van der Waals surface area contributed by atoms with E-state index in [0.717, 1.165) is 23.8 Å². The molecule has 0 saturated carbocycles. The first kappa shape index (κ1) is 17.9. The molecule has 0 atom stereocenters. The van der Waals surface area contributed by atoms with Crippen molar-refractivity contribution in [3.05, 3.63) is 65.2 Å². The summed E-state index contributed by atoms with van der Waals surface area (Å²) in [6, 6.07) is 9.59. The van der Waals surface area contributed by atoms with Crippen molar-refractivity contribution in [1.82, 2.24) is 5.32 Å². The van der Waals surface area contributed by atoms with Crippen molar-refractivity contribution in [2.45, 2.75) is 26.0 Å². The maximum absolute atomic E-state index is 13.2. The summed E-state index contributed by atoms with van der Waals surface area (Å²) in [5.41, 5.74) is 0.476. The fourth-order valence-corrected chi connectivity index (χ4v) is 2.22. The van der Waals surface area contributed by atoms with Gasteiger partial charge in [0, 0.05) is 31.3 Å². The van der Waals surface area contributed by atoms with Gasteiger partial charge in [-0.3, -0.25) is 0 Å². The maximum Gasteiger partial charge on any atom is 0.335 e. The van der Waals surface area contributed by atoms with Gasteiger partial charge < -0.3 is 15.2 Å². The number of carbonyl (C=O) groups is 1. The molecule has 2 aromatic rings. The Morgan fingerprint density at radius 1 is 1.12 bits per heavy atom. The molecule has 2 aromatic carbocycles. The van der Waals surface area contributed by atoms with Crippen LogP contribution in [0.2, 0.25) is 0 Å². The fraction of sp³-hybridized carbons (Fsp3) is 0.278. The van der Waals surface area contributed by atoms with E-state index in [-0.39, 0.29) is 11.3 Å². The highest BCUT2D eigenvalue weighted by atomic mass is 19.1. The molecule has 0 spiro atoms. The second-order valence-corrected chi connectivity index (χ2v) is 6.07. The second kappa shape index (κ2) is 7.40. The third kappa shape index (κ3) is 5.31. The molecule has 2 N–H and O–H groups in total. The molecule has 0 radical (unpaired) electrons. The van der Waals surface area contributed by atoms with Crippen LogP contribution in [0.5, 0.6) is 5.75 Å². The van der Waals surface area contributed by atoms with E-state index in [4.69, 9.17) is 9.84 Å². The molecule has 0 aliphatic heterocycles. The van der Waals surface area contributed by atoms with Crippen LogP contribution < -0.4 is 10.1 Å². The number of rotatable bonds is 7. The maximum atomic E-state index is 13.2. The van der Waals surface area contributed by atoms with E-state index in [0.29, 0.717) is 13.1 Å². The van der Waals surface area contributed by atoms with Gasteiger partial charge in [-0.05, 0) is 31.5 Å². The van der Waals surface area contributed by atoms with E-state index in [1.54, 1.807) is 26.0 Å². The van der Waals surface area contributed by atoms with Crippen molar-refractivity contribution < 1.29 is 23.4 Å². The first-order valence-corrected chi connectivity index (χ1v) is 7.43. The van der Waals surface area contributed by atoms with Crippen molar-refractivity contribution in [1.29, 1.82) is 0 Å². The number of ether oxygens (including phenoxy) is 1. The molecule has 0 aliphatic rings. The summed E-state index contributed by atoms with van der Waals surface area (Å²) in [4.78, 5) is 10.8. The molecule has 0 unspecified atom stereocenters. The molecule has 0 heterocycles. The van der Waals surface area contributed by atoms with Gasteiger partial charge in [0.25, 0.3) is 0 Å². The predicted molar refractivity (Wildman–Crippen MR) is 86.2 cm³/mol. The van der Waals surface area contributed by atoms with E-state index < -0.39 is 23.2 Å². The molecule has 6 heteroatoms. The Balaban J connectivity index is 1.88. The van der Waals surface area contributed by atoms with E-state index in [1.807, 2.05) is 0 Å². The lowest BCUT2D eigenvalue weighted by Gasteiger charge is -2.27. The topological polar surface area (TPSA) is 58.6 Å². The lowest BCUT2D eigenvalue weighted by atomic mass is 10.1. The predicted octanol–water partition coefficient (Wildman–Crippen LogP) is 3.61. The Labute approximate surface area is 139 Å². The highest BCUT2D eigenvalue weighted by molar-refractivity contribution is 5.87. The van der Waals surface area contributed by atoms with E-state index >= 15 is 0 Å². The van der Waals surface area contributed by atoms with Crippen LogP contribution in [0.15, 0.2) is 42.5 Å². The minimum Gasteiger partial charge on any atom is -0.486 e. The van der Waals surface area contributed by atoms with E-state index in [2.05, 4.69) is 5.32 Å². The van der Waals surface area contributed by atoms with E-state index in [9.17, 15) is 13.6 Å². The highest BCUT2D eigenvalue weighted by Crippen LogP contribution is 2.20. The number of nitrogens with one attached hydrogen (secondary N) is 1. The Hall–Kier alpha value is -2.47. The Bertz CT molecular complexity index is 694. The van der Waals surface area contributed by atoms with Crippen LogP contribution in [0.3, 0.4) is 0 Å². The lowest BCUT2D eigenvalue weighted by Crippen LogP contribution is -2.40. The first-order valence-electron chi connectivity index (χ1n) is 7.43. The summed E-state index contributed by atoms with van der Waals surface area (Å²) in [6.45, 7) is 4.56. The fourth-order valence-electron chi connectivity index (χ4n) is 2.22. The molecule has 4 nitrogen and oxygen atoms in total. The van der Waals surface area contributed by atoms with Crippen LogP contribution in [0.4, 0.5) is 8.78 Å². The van der Waals surface area contributed by atoms with Gasteiger partial charge in [-0.15, -0.1) is 0 Å². The van der Waals surface area contributed by atoms with Gasteiger partial charge >= 0.3 is 5.97 Å². The molecular weight excluding hydrogens is 316 g/mol. The summed E-state index contributed by atoms with van der Waals surface area (Å²) >= 11 is 0. The van der Waals surface area contributed by atoms with Crippen LogP contribution in [-0.4, -0.2) is 23.2 Å². The van der Waals surface area contributed by atoms with Gasteiger partial charge in [0.1, 0.15) is 23.0 Å². The molecule has 0 fully saturated rings. The Morgan fingerprint density at radius 2 is 1.71 bits per heavy atom. The molecule has 0 aliphatic carbocycles. The zero-order valence-electron chi connectivity index (χ0n) is 13.5. The average Bonchev–Trinajstić information content (AvgIpc) is 2.45.